The second-order valence-electron chi connectivity index (χ2n) is 6.58. The van der Waals surface area contributed by atoms with Crippen molar-refractivity contribution in [3.8, 4) is 0 Å². The summed E-state index contributed by atoms with van der Waals surface area (Å²) < 4.78 is 12.9. The zero-order valence-corrected chi connectivity index (χ0v) is 16.0. The fraction of sp³-hybridized carbons (Fsp3) is 0.529. The summed E-state index contributed by atoms with van der Waals surface area (Å²) in [5.74, 6) is 4.84. The van der Waals surface area contributed by atoms with Crippen LogP contribution in [0.4, 0.5) is 0 Å². The molecule has 6 N–H and O–H groups in total. The average molecular weight is 381 g/mol. The lowest BCUT2D eigenvalue weighted by Gasteiger charge is -2.37. The van der Waals surface area contributed by atoms with E-state index in [2.05, 4.69) is 10.4 Å². The molecule has 1 saturated heterocycles. The normalized spacial score (nSPS) is 22.7. The van der Waals surface area contributed by atoms with Gasteiger partial charge in [-0.2, -0.15) is 0 Å². The summed E-state index contributed by atoms with van der Waals surface area (Å²) in [6.45, 7) is 2.86. The van der Waals surface area contributed by atoms with Crippen molar-refractivity contribution in [1.82, 2.24) is 15.4 Å². The standard InChI is InChI=1S/C17H28N5O3P/c1-2-10-20-15(23)14(12-13-7-4-3-5-8-13)21-26(25)17(18)9-6-11-22(19)16(17)24/h3-5,7-8,14,26H,2,6,9-12,18-19H2,1H3,(H,20,23)(H,21,25)/t14?,17-/m0/s1. The van der Waals surface area contributed by atoms with Crippen molar-refractivity contribution >= 4 is 19.8 Å². The fourth-order valence-electron chi connectivity index (χ4n) is 2.92. The molecule has 2 unspecified atom stereocenters. The van der Waals surface area contributed by atoms with Gasteiger partial charge in [0.1, 0.15) is 0 Å². The molecular formula is C17H28N5O3P. The maximum absolute atomic E-state index is 12.9. The van der Waals surface area contributed by atoms with Crippen LogP contribution in [0.5, 0.6) is 0 Å². The van der Waals surface area contributed by atoms with Gasteiger partial charge in [-0.3, -0.25) is 19.7 Å². The van der Waals surface area contributed by atoms with E-state index in [1.165, 1.54) is 0 Å². The van der Waals surface area contributed by atoms with E-state index in [4.69, 9.17) is 11.6 Å². The van der Waals surface area contributed by atoms with E-state index >= 15 is 0 Å². The van der Waals surface area contributed by atoms with Crippen molar-refractivity contribution in [2.75, 3.05) is 13.1 Å². The number of nitrogens with two attached hydrogens (primary N) is 2. The largest absolute Gasteiger partial charge is 0.355 e. The van der Waals surface area contributed by atoms with Crippen molar-refractivity contribution in [3.05, 3.63) is 35.9 Å². The Hall–Kier alpha value is -1.73. The van der Waals surface area contributed by atoms with Gasteiger partial charge < -0.3 is 15.6 Å². The summed E-state index contributed by atoms with van der Waals surface area (Å²) in [6, 6.07) is 8.69. The number of benzene rings is 1. The Morgan fingerprint density at radius 1 is 1.38 bits per heavy atom. The lowest BCUT2D eigenvalue weighted by molar-refractivity contribution is -0.137. The van der Waals surface area contributed by atoms with Crippen molar-refractivity contribution in [1.29, 1.82) is 0 Å². The van der Waals surface area contributed by atoms with Gasteiger partial charge in [0.25, 0.3) is 5.91 Å². The number of carbonyl (C=O) groups is 2. The van der Waals surface area contributed by atoms with Crippen LogP contribution in [0.25, 0.3) is 0 Å². The van der Waals surface area contributed by atoms with Gasteiger partial charge in [-0.15, -0.1) is 0 Å². The molecule has 26 heavy (non-hydrogen) atoms. The second kappa shape index (κ2) is 9.28. The van der Waals surface area contributed by atoms with Crippen molar-refractivity contribution in [2.45, 2.75) is 43.9 Å². The third kappa shape index (κ3) is 4.92. The highest BCUT2D eigenvalue weighted by atomic mass is 31.1. The van der Waals surface area contributed by atoms with E-state index in [1.54, 1.807) is 0 Å². The monoisotopic (exact) mass is 381 g/mol. The topological polar surface area (TPSA) is 131 Å². The van der Waals surface area contributed by atoms with Crippen LogP contribution in [0.1, 0.15) is 31.7 Å². The number of nitrogens with one attached hydrogen (secondary N) is 2. The number of rotatable bonds is 8. The number of amides is 2. The van der Waals surface area contributed by atoms with Gasteiger partial charge in [0.2, 0.25) is 5.91 Å². The highest BCUT2D eigenvalue weighted by Crippen LogP contribution is 2.39. The number of hydrogen-bond acceptors (Lipinski definition) is 5. The van der Waals surface area contributed by atoms with Gasteiger partial charge in [-0.05, 0) is 31.2 Å². The maximum Gasteiger partial charge on any atom is 0.265 e. The molecule has 0 spiro atoms. The minimum Gasteiger partial charge on any atom is -0.355 e. The van der Waals surface area contributed by atoms with Crippen LogP contribution in [0.15, 0.2) is 30.3 Å². The van der Waals surface area contributed by atoms with E-state index < -0.39 is 25.2 Å². The van der Waals surface area contributed by atoms with Gasteiger partial charge in [-0.25, -0.2) is 5.84 Å². The Labute approximate surface area is 154 Å². The lowest BCUT2D eigenvalue weighted by Crippen LogP contribution is -2.60. The maximum atomic E-state index is 12.9. The summed E-state index contributed by atoms with van der Waals surface area (Å²) in [6.07, 6.45) is 1.99. The summed E-state index contributed by atoms with van der Waals surface area (Å²) in [5.41, 5.74) is 7.07. The first kappa shape index (κ1) is 20.6. The molecule has 1 aliphatic rings. The third-order valence-corrected chi connectivity index (χ3v) is 6.36. The Morgan fingerprint density at radius 3 is 2.73 bits per heavy atom. The summed E-state index contributed by atoms with van der Waals surface area (Å²) >= 11 is 0. The Balaban J connectivity index is 2.15. The Bertz CT molecular complexity index is 657. The van der Waals surface area contributed by atoms with Crippen LogP contribution in [0.2, 0.25) is 0 Å². The molecule has 2 amide bonds. The molecule has 1 aromatic rings. The highest BCUT2D eigenvalue weighted by Gasteiger charge is 2.45. The molecule has 0 saturated carbocycles. The van der Waals surface area contributed by atoms with Crippen LogP contribution in [-0.4, -0.2) is 41.2 Å². The quantitative estimate of drug-likeness (QED) is 0.292. The van der Waals surface area contributed by atoms with Crippen LogP contribution >= 0.6 is 7.95 Å². The number of hydrogen-bond donors (Lipinski definition) is 4. The molecule has 1 fully saturated rings. The molecule has 0 aliphatic carbocycles. The van der Waals surface area contributed by atoms with Gasteiger partial charge in [0.05, 0.1) is 6.04 Å². The average Bonchev–Trinajstić information content (AvgIpc) is 2.64. The van der Waals surface area contributed by atoms with Gasteiger partial charge >= 0.3 is 0 Å². The zero-order valence-electron chi connectivity index (χ0n) is 15.0. The van der Waals surface area contributed by atoms with E-state index in [0.717, 1.165) is 17.0 Å². The fourth-order valence-corrected chi connectivity index (χ4v) is 4.47. The third-order valence-electron chi connectivity index (χ3n) is 4.47. The van der Waals surface area contributed by atoms with Crippen LogP contribution in [0.3, 0.4) is 0 Å². The Kier molecular flexibility index (Phi) is 7.34. The van der Waals surface area contributed by atoms with E-state index in [0.29, 0.717) is 25.9 Å². The summed E-state index contributed by atoms with van der Waals surface area (Å²) in [4.78, 5) is 24.8. The first-order chi connectivity index (χ1) is 12.4. The predicted molar refractivity (Wildman–Crippen MR) is 101 cm³/mol. The van der Waals surface area contributed by atoms with E-state index in [1.807, 2.05) is 37.3 Å². The predicted octanol–water partition coefficient (Wildman–Crippen LogP) is 0.339. The molecule has 1 aromatic carbocycles. The van der Waals surface area contributed by atoms with Gasteiger partial charge in [0.15, 0.2) is 13.2 Å². The molecule has 0 aromatic heterocycles. The first-order valence-electron chi connectivity index (χ1n) is 8.86. The molecule has 1 aliphatic heterocycles. The highest BCUT2D eigenvalue weighted by molar-refractivity contribution is 7.45. The molecule has 0 bridgehead atoms. The number of nitrogens with zero attached hydrogens (tertiary/aromatic N) is 1. The molecule has 9 heteroatoms. The minimum absolute atomic E-state index is 0.259. The molecule has 0 radical (unpaired) electrons. The smallest absolute Gasteiger partial charge is 0.265 e. The second-order valence-corrected chi connectivity index (χ2v) is 8.42. The molecular weight excluding hydrogens is 353 g/mol. The minimum atomic E-state index is -2.81. The van der Waals surface area contributed by atoms with E-state index in [9.17, 15) is 14.2 Å². The van der Waals surface area contributed by atoms with Crippen LogP contribution in [0, 0.1) is 0 Å². The van der Waals surface area contributed by atoms with Gasteiger partial charge in [-0.1, -0.05) is 37.3 Å². The molecule has 8 nitrogen and oxygen atoms in total. The SMILES string of the molecule is CCCNC(=O)C(Cc1ccccc1)N[PH](=O)[C@@]1(N)CCCN(N)C1=O. The zero-order chi connectivity index (χ0) is 19.2. The van der Waals surface area contributed by atoms with Crippen LogP contribution in [-0.2, 0) is 20.6 Å². The summed E-state index contributed by atoms with van der Waals surface area (Å²) in [5, 5.41) is 5.10. The first-order valence-corrected chi connectivity index (χ1v) is 10.3. The molecule has 2 rings (SSSR count). The molecule has 3 atom stereocenters. The van der Waals surface area contributed by atoms with Gasteiger partial charge in [0, 0.05) is 13.1 Å². The Morgan fingerprint density at radius 2 is 2.08 bits per heavy atom. The van der Waals surface area contributed by atoms with Crippen molar-refractivity contribution < 1.29 is 14.2 Å². The number of piperidine rings is 1. The van der Waals surface area contributed by atoms with Crippen LogP contribution < -0.4 is 22.0 Å². The summed E-state index contributed by atoms with van der Waals surface area (Å²) in [7, 11) is -2.81. The molecule has 1 heterocycles. The number of carbonyl (C=O) groups excluding carboxylic acids is 2. The molecule has 144 valence electrons. The lowest BCUT2D eigenvalue weighted by atomic mass is 10.1. The van der Waals surface area contributed by atoms with E-state index in [-0.39, 0.29) is 12.3 Å². The van der Waals surface area contributed by atoms with Crippen molar-refractivity contribution in [2.24, 2.45) is 11.6 Å². The number of hydrazine groups is 1. The van der Waals surface area contributed by atoms with Crippen molar-refractivity contribution in [3.63, 3.8) is 0 Å².